The topological polar surface area (TPSA) is 67.4 Å². The maximum Gasteiger partial charge on any atom is 0.255 e. The SMILES string of the molecule is CNC(=O)c1cccc(NC(=O)c2cccc(OCC(C)C)c2)c1. The lowest BCUT2D eigenvalue weighted by Crippen LogP contribution is -2.18. The number of ether oxygens (including phenoxy) is 1. The van der Waals surface area contributed by atoms with Crippen LogP contribution in [0.25, 0.3) is 0 Å². The largest absolute Gasteiger partial charge is 0.493 e. The van der Waals surface area contributed by atoms with Gasteiger partial charge < -0.3 is 15.4 Å². The number of carbonyl (C=O) groups excluding carboxylic acids is 2. The highest BCUT2D eigenvalue weighted by Crippen LogP contribution is 2.17. The number of amides is 2. The molecule has 24 heavy (non-hydrogen) atoms. The number of benzene rings is 2. The summed E-state index contributed by atoms with van der Waals surface area (Å²) in [6, 6.07) is 13.8. The summed E-state index contributed by atoms with van der Waals surface area (Å²) in [5.74, 6) is 0.625. The van der Waals surface area contributed by atoms with Crippen LogP contribution < -0.4 is 15.4 Å². The molecule has 126 valence electrons. The van der Waals surface area contributed by atoms with Crippen LogP contribution in [0.5, 0.6) is 5.75 Å². The Hall–Kier alpha value is -2.82. The highest BCUT2D eigenvalue weighted by molar-refractivity contribution is 6.05. The lowest BCUT2D eigenvalue weighted by molar-refractivity contribution is 0.0961. The van der Waals surface area contributed by atoms with Gasteiger partial charge in [-0.3, -0.25) is 9.59 Å². The van der Waals surface area contributed by atoms with Crippen LogP contribution in [0.4, 0.5) is 5.69 Å². The van der Waals surface area contributed by atoms with Gasteiger partial charge in [-0.05, 0) is 42.3 Å². The molecule has 0 heterocycles. The quantitative estimate of drug-likeness (QED) is 0.855. The minimum absolute atomic E-state index is 0.199. The van der Waals surface area contributed by atoms with Crippen molar-refractivity contribution in [1.82, 2.24) is 5.32 Å². The highest BCUT2D eigenvalue weighted by atomic mass is 16.5. The molecule has 0 saturated heterocycles. The fourth-order valence-electron chi connectivity index (χ4n) is 2.08. The average Bonchev–Trinajstić information content (AvgIpc) is 2.59. The monoisotopic (exact) mass is 326 g/mol. The number of rotatable bonds is 6. The van der Waals surface area contributed by atoms with Gasteiger partial charge in [0.15, 0.2) is 0 Å². The first-order valence-electron chi connectivity index (χ1n) is 7.86. The van der Waals surface area contributed by atoms with E-state index in [9.17, 15) is 9.59 Å². The Bertz CT molecular complexity index is 726. The summed E-state index contributed by atoms with van der Waals surface area (Å²) in [5, 5.41) is 5.35. The van der Waals surface area contributed by atoms with Crippen molar-refractivity contribution in [3.05, 3.63) is 59.7 Å². The van der Waals surface area contributed by atoms with E-state index in [-0.39, 0.29) is 11.8 Å². The van der Waals surface area contributed by atoms with Gasteiger partial charge in [-0.15, -0.1) is 0 Å². The van der Waals surface area contributed by atoms with Crippen molar-refractivity contribution in [1.29, 1.82) is 0 Å². The van der Waals surface area contributed by atoms with Crippen LogP contribution in [0.2, 0.25) is 0 Å². The van der Waals surface area contributed by atoms with E-state index in [0.29, 0.717) is 35.1 Å². The van der Waals surface area contributed by atoms with E-state index in [1.54, 1.807) is 49.5 Å². The minimum Gasteiger partial charge on any atom is -0.493 e. The number of nitrogens with one attached hydrogen (secondary N) is 2. The zero-order valence-electron chi connectivity index (χ0n) is 14.1. The Labute approximate surface area is 142 Å². The van der Waals surface area contributed by atoms with Gasteiger partial charge in [-0.25, -0.2) is 0 Å². The van der Waals surface area contributed by atoms with E-state index in [2.05, 4.69) is 24.5 Å². The van der Waals surface area contributed by atoms with Gasteiger partial charge in [0.2, 0.25) is 0 Å². The molecule has 0 fully saturated rings. The molecule has 0 aliphatic heterocycles. The second kappa shape index (κ2) is 8.15. The molecule has 2 N–H and O–H groups in total. The Morgan fingerprint density at radius 3 is 2.33 bits per heavy atom. The molecule has 0 saturated carbocycles. The molecule has 5 nitrogen and oxygen atoms in total. The van der Waals surface area contributed by atoms with Crippen molar-refractivity contribution >= 4 is 17.5 Å². The third-order valence-electron chi connectivity index (χ3n) is 3.29. The van der Waals surface area contributed by atoms with Crippen molar-refractivity contribution in [2.75, 3.05) is 19.0 Å². The fraction of sp³-hybridized carbons (Fsp3) is 0.263. The molecule has 0 radical (unpaired) electrons. The lowest BCUT2D eigenvalue weighted by Gasteiger charge is -2.10. The van der Waals surface area contributed by atoms with Crippen LogP contribution >= 0.6 is 0 Å². The van der Waals surface area contributed by atoms with Gasteiger partial charge in [-0.2, -0.15) is 0 Å². The molecular weight excluding hydrogens is 304 g/mol. The first-order chi connectivity index (χ1) is 11.5. The number of carbonyl (C=O) groups is 2. The fourth-order valence-corrected chi connectivity index (χ4v) is 2.08. The number of hydrogen-bond acceptors (Lipinski definition) is 3. The number of hydrogen-bond donors (Lipinski definition) is 2. The van der Waals surface area contributed by atoms with Crippen LogP contribution in [0.15, 0.2) is 48.5 Å². The minimum atomic E-state index is -0.251. The van der Waals surface area contributed by atoms with E-state index in [0.717, 1.165) is 0 Å². The Kier molecular flexibility index (Phi) is 5.95. The van der Waals surface area contributed by atoms with E-state index in [1.165, 1.54) is 0 Å². The summed E-state index contributed by atoms with van der Waals surface area (Å²) in [6.07, 6.45) is 0. The standard InChI is InChI=1S/C19H22N2O3/c1-13(2)12-24-17-9-5-7-15(11-17)19(23)21-16-8-4-6-14(10-16)18(22)20-3/h4-11,13H,12H2,1-3H3,(H,20,22)(H,21,23). The van der Waals surface area contributed by atoms with Crippen LogP contribution in [0.3, 0.4) is 0 Å². The molecule has 2 amide bonds. The van der Waals surface area contributed by atoms with Crippen molar-refractivity contribution in [3.63, 3.8) is 0 Å². The Balaban J connectivity index is 2.09. The molecule has 2 aromatic carbocycles. The zero-order chi connectivity index (χ0) is 17.5. The highest BCUT2D eigenvalue weighted by Gasteiger charge is 2.09. The van der Waals surface area contributed by atoms with Gasteiger partial charge in [0.1, 0.15) is 5.75 Å². The third-order valence-corrected chi connectivity index (χ3v) is 3.29. The van der Waals surface area contributed by atoms with Crippen LogP contribution in [-0.4, -0.2) is 25.5 Å². The van der Waals surface area contributed by atoms with Gasteiger partial charge in [0.05, 0.1) is 6.61 Å². The molecular formula is C19H22N2O3. The second-order valence-corrected chi connectivity index (χ2v) is 5.85. The summed E-state index contributed by atoms with van der Waals surface area (Å²) in [7, 11) is 1.57. The maximum absolute atomic E-state index is 12.4. The van der Waals surface area contributed by atoms with Crippen LogP contribution in [0, 0.1) is 5.92 Å². The predicted molar refractivity (Wildman–Crippen MR) is 94.6 cm³/mol. The van der Waals surface area contributed by atoms with Gasteiger partial charge in [-0.1, -0.05) is 26.0 Å². The Morgan fingerprint density at radius 2 is 1.67 bits per heavy atom. The summed E-state index contributed by atoms with van der Waals surface area (Å²) in [6.45, 7) is 4.73. The summed E-state index contributed by atoms with van der Waals surface area (Å²) >= 11 is 0. The van der Waals surface area contributed by atoms with E-state index >= 15 is 0 Å². The molecule has 0 aromatic heterocycles. The average molecular weight is 326 g/mol. The summed E-state index contributed by atoms with van der Waals surface area (Å²) in [4.78, 5) is 24.0. The molecule has 0 spiro atoms. The molecule has 0 aliphatic rings. The summed E-state index contributed by atoms with van der Waals surface area (Å²) < 4.78 is 5.64. The lowest BCUT2D eigenvalue weighted by atomic mass is 10.1. The molecule has 2 rings (SSSR count). The normalized spacial score (nSPS) is 10.3. The van der Waals surface area contributed by atoms with Crippen molar-refractivity contribution in [2.45, 2.75) is 13.8 Å². The van der Waals surface area contributed by atoms with Crippen LogP contribution in [0.1, 0.15) is 34.6 Å². The second-order valence-electron chi connectivity index (χ2n) is 5.85. The zero-order valence-corrected chi connectivity index (χ0v) is 14.1. The molecule has 0 unspecified atom stereocenters. The van der Waals surface area contributed by atoms with E-state index < -0.39 is 0 Å². The molecule has 5 heteroatoms. The molecule has 0 aliphatic carbocycles. The first kappa shape index (κ1) is 17.5. The molecule has 2 aromatic rings. The van der Waals surface area contributed by atoms with Crippen molar-refractivity contribution < 1.29 is 14.3 Å². The Morgan fingerprint density at radius 1 is 1.00 bits per heavy atom. The molecule has 0 atom stereocenters. The summed E-state index contributed by atoms with van der Waals surface area (Å²) in [5.41, 5.74) is 1.56. The first-order valence-corrected chi connectivity index (χ1v) is 7.86. The van der Waals surface area contributed by atoms with Crippen molar-refractivity contribution in [3.8, 4) is 5.75 Å². The van der Waals surface area contributed by atoms with E-state index in [1.807, 2.05) is 6.07 Å². The van der Waals surface area contributed by atoms with Gasteiger partial charge in [0, 0.05) is 23.9 Å². The maximum atomic E-state index is 12.4. The van der Waals surface area contributed by atoms with E-state index in [4.69, 9.17) is 4.74 Å². The number of anilines is 1. The predicted octanol–water partition coefficient (Wildman–Crippen LogP) is 3.33. The smallest absolute Gasteiger partial charge is 0.255 e. The van der Waals surface area contributed by atoms with Gasteiger partial charge >= 0.3 is 0 Å². The van der Waals surface area contributed by atoms with Gasteiger partial charge in [0.25, 0.3) is 11.8 Å². The molecule has 0 bridgehead atoms. The third kappa shape index (κ3) is 4.84. The van der Waals surface area contributed by atoms with Crippen molar-refractivity contribution in [2.24, 2.45) is 5.92 Å². The van der Waals surface area contributed by atoms with Crippen LogP contribution in [-0.2, 0) is 0 Å².